The number of hydrogen-bond donors (Lipinski definition) is 2. The minimum absolute atomic E-state index is 0.0154. The smallest absolute Gasteiger partial charge is 0.297 e. The molecule has 1 aromatic carbocycles. The van der Waals surface area contributed by atoms with Gasteiger partial charge in [0.15, 0.2) is 0 Å². The molecule has 0 saturated heterocycles. The number of nitrogens with two attached hydrogens (primary N) is 1. The summed E-state index contributed by atoms with van der Waals surface area (Å²) in [5.74, 6) is -6.26. The Morgan fingerprint density at radius 1 is 1.32 bits per heavy atom. The van der Waals surface area contributed by atoms with Crippen molar-refractivity contribution >= 4 is 29.0 Å². The van der Waals surface area contributed by atoms with E-state index in [1.54, 1.807) is 0 Å². The SMILES string of the molecule is NC1=N[C@H](c2cc(NC(=O)c3ncc(F)cc3Cl)ccc2F)C(F)(F)COC1. The number of amides is 1. The Hall–Kier alpha value is -2.72. The normalized spacial score (nSPS) is 18.9. The predicted molar refractivity (Wildman–Crippen MR) is 93.7 cm³/mol. The van der Waals surface area contributed by atoms with Crippen molar-refractivity contribution in [2.24, 2.45) is 10.7 Å². The van der Waals surface area contributed by atoms with Crippen molar-refractivity contribution in [3.05, 3.63) is 58.4 Å². The highest BCUT2D eigenvalue weighted by Crippen LogP contribution is 2.38. The Balaban J connectivity index is 1.93. The zero-order valence-corrected chi connectivity index (χ0v) is 14.8. The van der Waals surface area contributed by atoms with E-state index in [1.807, 2.05) is 0 Å². The molecule has 1 amide bonds. The van der Waals surface area contributed by atoms with Crippen molar-refractivity contribution in [3.63, 3.8) is 0 Å². The van der Waals surface area contributed by atoms with Gasteiger partial charge in [0.1, 0.15) is 42.4 Å². The monoisotopic (exact) mass is 416 g/mol. The van der Waals surface area contributed by atoms with Crippen molar-refractivity contribution in [3.8, 4) is 0 Å². The maximum Gasteiger partial charge on any atom is 0.297 e. The van der Waals surface area contributed by atoms with Crippen molar-refractivity contribution in [1.29, 1.82) is 0 Å². The molecule has 1 aromatic heterocycles. The molecule has 2 aromatic rings. The number of anilines is 1. The summed E-state index contributed by atoms with van der Waals surface area (Å²) in [4.78, 5) is 19.5. The lowest BCUT2D eigenvalue weighted by molar-refractivity contribution is -0.0831. The van der Waals surface area contributed by atoms with Gasteiger partial charge in [-0.05, 0) is 24.3 Å². The zero-order valence-electron chi connectivity index (χ0n) is 14.1. The van der Waals surface area contributed by atoms with Gasteiger partial charge in [0, 0.05) is 11.3 Å². The number of amidine groups is 1. The number of hydrogen-bond acceptors (Lipinski definition) is 5. The summed E-state index contributed by atoms with van der Waals surface area (Å²) in [7, 11) is 0. The summed E-state index contributed by atoms with van der Waals surface area (Å²) in [6.45, 7) is -1.30. The van der Waals surface area contributed by atoms with Gasteiger partial charge in [0.2, 0.25) is 0 Å². The molecule has 148 valence electrons. The number of alkyl halides is 2. The number of benzene rings is 1. The van der Waals surface area contributed by atoms with Crippen molar-refractivity contribution < 1.29 is 27.1 Å². The number of pyridine rings is 1. The average molecular weight is 417 g/mol. The Kier molecular flexibility index (Phi) is 5.52. The number of rotatable bonds is 3. The highest BCUT2D eigenvalue weighted by molar-refractivity contribution is 6.34. The van der Waals surface area contributed by atoms with Crippen LogP contribution >= 0.6 is 11.6 Å². The molecule has 3 rings (SSSR count). The number of halogens is 5. The molecule has 28 heavy (non-hydrogen) atoms. The van der Waals surface area contributed by atoms with E-state index >= 15 is 0 Å². The molecule has 0 bridgehead atoms. The summed E-state index contributed by atoms with van der Waals surface area (Å²) < 4.78 is 60.7. The lowest BCUT2D eigenvalue weighted by Crippen LogP contribution is -2.30. The van der Waals surface area contributed by atoms with Crippen molar-refractivity contribution in [1.82, 2.24) is 4.98 Å². The molecule has 0 saturated carbocycles. The van der Waals surface area contributed by atoms with Gasteiger partial charge >= 0.3 is 0 Å². The third-order valence-corrected chi connectivity index (χ3v) is 4.10. The minimum atomic E-state index is -3.52. The zero-order chi connectivity index (χ0) is 20.5. The summed E-state index contributed by atoms with van der Waals surface area (Å²) in [6, 6.07) is 2.03. The third kappa shape index (κ3) is 4.23. The van der Waals surface area contributed by atoms with E-state index in [0.717, 1.165) is 30.5 Å². The highest BCUT2D eigenvalue weighted by atomic mass is 35.5. The van der Waals surface area contributed by atoms with Gasteiger partial charge in [0.05, 0.1) is 11.2 Å². The number of carbonyl (C=O) groups is 1. The Morgan fingerprint density at radius 3 is 2.79 bits per heavy atom. The first-order valence-corrected chi connectivity index (χ1v) is 8.25. The van der Waals surface area contributed by atoms with Crippen LogP contribution in [-0.2, 0) is 4.74 Å². The molecule has 1 atom stereocenters. The first kappa shape index (κ1) is 20.0. The Bertz CT molecular complexity index is 955. The standard InChI is InChI=1S/C17H13ClF4N4O2/c18-11-3-8(19)5-24-14(11)16(27)25-9-1-2-12(20)10(4-9)15-17(21,22)7-28-6-13(23)26-15/h1-5,15H,6-7H2,(H2,23,26)(H,25,27)/t15-/m1/s1. The van der Waals surface area contributed by atoms with Gasteiger partial charge in [-0.3, -0.25) is 9.79 Å². The van der Waals surface area contributed by atoms with E-state index in [-0.39, 0.29) is 28.8 Å². The first-order valence-electron chi connectivity index (χ1n) is 7.87. The van der Waals surface area contributed by atoms with Crippen LogP contribution in [0.5, 0.6) is 0 Å². The fraction of sp³-hybridized carbons (Fsp3) is 0.235. The van der Waals surface area contributed by atoms with Crippen LogP contribution in [0.1, 0.15) is 22.1 Å². The fourth-order valence-corrected chi connectivity index (χ4v) is 2.81. The molecule has 0 radical (unpaired) electrons. The summed E-state index contributed by atoms with van der Waals surface area (Å²) in [5.41, 5.74) is 4.72. The number of aromatic nitrogens is 1. The topological polar surface area (TPSA) is 89.6 Å². The molecule has 1 aliphatic heterocycles. The van der Waals surface area contributed by atoms with Crippen molar-refractivity contribution in [2.45, 2.75) is 12.0 Å². The second-order valence-electron chi connectivity index (χ2n) is 5.95. The molecule has 0 spiro atoms. The molecular weight excluding hydrogens is 404 g/mol. The van der Waals surface area contributed by atoms with Crippen LogP contribution in [0.25, 0.3) is 0 Å². The molecule has 0 fully saturated rings. The van der Waals surface area contributed by atoms with Gasteiger partial charge < -0.3 is 15.8 Å². The second kappa shape index (κ2) is 7.72. The molecule has 6 nitrogen and oxygen atoms in total. The van der Waals surface area contributed by atoms with Gasteiger partial charge in [-0.1, -0.05) is 11.6 Å². The van der Waals surface area contributed by atoms with Crippen LogP contribution in [-0.4, -0.2) is 35.9 Å². The largest absolute Gasteiger partial charge is 0.386 e. The van der Waals surface area contributed by atoms with Crippen LogP contribution in [0.2, 0.25) is 5.02 Å². The number of nitrogens with one attached hydrogen (secondary N) is 1. The van der Waals surface area contributed by atoms with E-state index < -0.39 is 41.7 Å². The molecule has 0 unspecified atom stereocenters. The molecule has 0 aliphatic carbocycles. The molecular formula is C17H13ClF4N4O2. The minimum Gasteiger partial charge on any atom is -0.386 e. The molecule has 11 heteroatoms. The number of nitrogens with zero attached hydrogens (tertiary/aromatic N) is 2. The van der Waals surface area contributed by atoms with Crippen molar-refractivity contribution in [2.75, 3.05) is 18.5 Å². The number of aliphatic imine (C=N–C) groups is 1. The fourth-order valence-electron chi connectivity index (χ4n) is 2.57. The van der Waals surface area contributed by atoms with Gasteiger partial charge in [-0.15, -0.1) is 0 Å². The van der Waals surface area contributed by atoms with Crippen LogP contribution in [0.15, 0.2) is 35.5 Å². The van der Waals surface area contributed by atoms with Crippen LogP contribution in [0.4, 0.5) is 23.2 Å². The lowest BCUT2D eigenvalue weighted by atomic mass is 10.00. The van der Waals surface area contributed by atoms with Crippen LogP contribution in [0.3, 0.4) is 0 Å². The molecule has 1 aliphatic rings. The highest BCUT2D eigenvalue weighted by Gasteiger charge is 2.44. The van der Waals surface area contributed by atoms with E-state index in [9.17, 15) is 22.4 Å². The Morgan fingerprint density at radius 2 is 2.07 bits per heavy atom. The molecule has 2 heterocycles. The van der Waals surface area contributed by atoms with Gasteiger partial charge in [-0.2, -0.15) is 0 Å². The summed E-state index contributed by atoms with van der Waals surface area (Å²) in [6.07, 6.45) is 0.792. The number of ether oxygens (including phenoxy) is 1. The van der Waals surface area contributed by atoms with E-state index in [1.165, 1.54) is 0 Å². The van der Waals surface area contributed by atoms with Gasteiger partial charge in [-0.25, -0.2) is 22.5 Å². The first-order chi connectivity index (χ1) is 13.2. The maximum absolute atomic E-state index is 14.3. The van der Waals surface area contributed by atoms with Gasteiger partial charge in [0.25, 0.3) is 11.8 Å². The van der Waals surface area contributed by atoms with Crippen LogP contribution in [0, 0.1) is 11.6 Å². The predicted octanol–water partition coefficient (Wildman–Crippen LogP) is 3.33. The average Bonchev–Trinajstić information content (AvgIpc) is 2.74. The number of carbonyl (C=O) groups excluding carboxylic acids is 1. The summed E-state index contributed by atoms with van der Waals surface area (Å²) in [5, 5.41) is 2.10. The molecule has 3 N–H and O–H groups in total. The summed E-state index contributed by atoms with van der Waals surface area (Å²) >= 11 is 5.77. The van der Waals surface area contributed by atoms with E-state index in [2.05, 4.69) is 15.3 Å². The third-order valence-electron chi connectivity index (χ3n) is 3.81. The van der Waals surface area contributed by atoms with Crippen LogP contribution < -0.4 is 11.1 Å². The lowest BCUT2D eigenvalue weighted by Gasteiger charge is -2.22. The maximum atomic E-state index is 14.3. The van der Waals surface area contributed by atoms with E-state index in [0.29, 0.717) is 0 Å². The second-order valence-corrected chi connectivity index (χ2v) is 6.36. The van der Waals surface area contributed by atoms with E-state index in [4.69, 9.17) is 22.1 Å². The Labute approximate surface area is 161 Å². The quantitative estimate of drug-likeness (QED) is 0.751.